The molecule has 2 rings (SSSR count). The number of anilines is 3. The lowest BCUT2D eigenvalue weighted by molar-refractivity contribution is 0.102. The maximum absolute atomic E-state index is 12.0. The van der Waals surface area contributed by atoms with Gasteiger partial charge in [0.1, 0.15) is 6.07 Å². The summed E-state index contributed by atoms with van der Waals surface area (Å²) in [5, 5.41) is 11.7. The highest BCUT2D eigenvalue weighted by Gasteiger charge is 2.09. The van der Waals surface area contributed by atoms with E-state index in [4.69, 9.17) is 16.7 Å². The van der Waals surface area contributed by atoms with E-state index in [0.717, 1.165) is 0 Å². The van der Waals surface area contributed by atoms with Crippen molar-refractivity contribution in [2.24, 2.45) is 0 Å². The molecule has 0 spiro atoms. The second-order valence-electron chi connectivity index (χ2n) is 4.00. The smallest absolute Gasteiger partial charge is 0.255 e. The van der Waals surface area contributed by atoms with Crippen LogP contribution in [0, 0.1) is 11.3 Å². The van der Waals surface area contributed by atoms with E-state index in [1.54, 1.807) is 36.4 Å². The number of nitrogen functional groups attached to an aromatic ring is 2. The summed E-state index contributed by atoms with van der Waals surface area (Å²) in [5.74, 6) is -0.325. The number of nitrogens with one attached hydrogen (secondary N) is 1. The molecule has 0 saturated carbocycles. The number of nitrogens with two attached hydrogens (primary N) is 2. The third kappa shape index (κ3) is 2.82. The molecular formula is C14H12N4O. The van der Waals surface area contributed by atoms with Gasteiger partial charge in [-0.15, -0.1) is 0 Å². The Labute approximate surface area is 110 Å². The molecule has 0 aliphatic heterocycles. The SMILES string of the molecule is N#Cc1cc(N)ccc1NC(=O)c1cccc(N)c1. The maximum atomic E-state index is 12.0. The van der Waals surface area contributed by atoms with E-state index in [1.165, 1.54) is 6.07 Å². The third-order valence-electron chi connectivity index (χ3n) is 2.56. The van der Waals surface area contributed by atoms with Crippen molar-refractivity contribution in [1.29, 1.82) is 5.26 Å². The van der Waals surface area contributed by atoms with E-state index in [2.05, 4.69) is 5.32 Å². The summed E-state index contributed by atoms with van der Waals surface area (Å²) in [6, 6.07) is 13.3. The Morgan fingerprint density at radius 1 is 1.11 bits per heavy atom. The topological polar surface area (TPSA) is 105 Å². The molecule has 19 heavy (non-hydrogen) atoms. The van der Waals surface area contributed by atoms with Crippen molar-refractivity contribution in [2.45, 2.75) is 0 Å². The van der Waals surface area contributed by atoms with Crippen LogP contribution in [0.4, 0.5) is 17.1 Å². The molecule has 0 heterocycles. The molecule has 0 aliphatic carbocycles. The number of carbonyl (C=O) groups is 1. The molecule has 1 amide bonds. The van der Waals surface area contributed by atoms with Gasteiger partial charge in [-0.2, -0.15) is 5.26 Å². The number of rotatable bonds is 2. The molecular weight excluding hydrogens is 240 g/mol. The minimum absolute atomic E-state index is 0.317. The Morgan fingerprint density at radius 3 is 2.53 bits per heavy atom. The fraction of sp³-hybridized carbons (Fsp3) is 0. The molecule has 0 aromatic heterocycles. The van der Waals surface area contributed by atoms with E-state index in [9.17, 15) is 4.79 Å². The zero-order valence-electron chi connectivity index (χ0n) is 10.1. The van der Waals surface area contributed by atoms with Gasteiger partial charge >= 0.3 is 0 Å². The monoisotopic (exact) mass is 252 g/mol. The second-order valence-corrected chi connectivity index (χ2v) is 4.00. The van der Waals surface area contributed by atoms with Gasteiger partial charge in [-0.3, -0.25) is 4.79 Å². The van der Waals surface area contributed by atoms with Gasteiger partial charge in [-0.25, -0.2) is 0 Å². The molecule has 5 nitrogen and oxygen atoms in total. The number of hydrogen-bond donors (Lipinski definition) is 3. The van der Waals surface area contributed by atoms with Crippen molar-refractivity contribution in [3.8, 4) is 6.07 Å². The number of hydrogen-bond acceptors (Lipinski definition) is 4. The molecule has 5 heteroatoms. The summed E-state index contributed by atoms with van der Waals surface area (Å²) in [6.07, 6.45) is 0. The Hall–Kier alpha value is -3.00. The second kappa shape index (κ2) is 5.10. The zero-order chi connectivity index (χ0) is 13.8. The molecule has 2 aromatic carbocycles. The molecule has 0 atom stereocenters. The van der Waals surface area contributed by atoms with Crippen LogP contribution in [0.2, 0.25) is 0 Å². The largest absolute Gasteiger partial charge is 0.399 e. The predicted octanol–water partition coefficient (Wildman–Crippen LogP) is 1.97. The fourth-order valence-electron chi connectivity index (χ4n) is 1.64. The van der Waals surface area contributed by atoms with Crippen LogP contribution >= 0.6 is 0 Å². The van der Waals surface area contributed by atoms with Crippen LogP contribution in [-0.4, -0.2) is 5.91 Å². The van der Waals surface area contributed by atoms with Crippen molar-refractivity contribution < 1.29 is 4.79 Å². The van der Waals surface area contributed by atoms with Gasteiger partial charge in [-0.05, 0) is 36.4 Å². The quantitative estimate of drug-likeness (QED) is 0.710. The lowest BCUT2D eigenvalue weighted by Gasteiger charge is -2.08. The van der Waals surface area contributed by atoms with Crippen molar-refractivity contribution in [2.75, 3.05) is 16.8 Å². The molecule has 0 fully saturated rings. The first-order valence-corrected chi connectivity index (χ1v) is 5.56. The van der Waals surface area contributed by atoms with Crippen LogP contribution < -0.4 is 16.8 Å². The van der Waals surface area contributed by atoms with Gasteiger partial charge in [0, 0.05) is 16.9 Å². The van der Waals surface area contributed by atoms with E-state index >= 15 is 0 Å². The lowest BCUT2D eigenvalue weighted by atomic mass is 10.1. The van der Waals surface area contributed by atoms with Crippen LogP contribution in [0.15, 0.2) is 42.5 Å². The lowest BCUT2D eigenvalue weighted by Crippen LogP contribution is -2.13. The molecule has 94 valence electrons. The number of amides is 1. The Kier molecular flexibility index (Phi) is 3.35. The average Bonchev–Trinajstić information content (AvgIpc) is 2.40. The number of nitriles is 1. The van der Waals surface area contributed by atoms with Crippen molar-refractivity contribution in [3.05, 3.63) is 53.6 Å². The van der Waals surface area contributed by atoms with Crippen molar-refractivity contribution >= 4 is 23.0 Å². The van der Waals surface area contributed by atoms with E-state index < -0.39 is 0 Å². The summed E-state index contributed by atoms with van der Waals surface area (Å²) in [5.41, 5.74) is 13.3. The van der Waals surface area contributed by atoms with Gasteiger partial charge in [0.15, 0.2) is 0 Å². The number of benzene rings is 2. The minimum atomic E-state index is -0.325. The molecule has 2 aromatic rings. The Morgan fingerprint density at radius 2 is 1.84 bits per heavy atom. The third-order valence-corrected chi connectivity index (χ3v) is 2.56. The van der Waals surface area contributed by atoms with Crippen LogP contribution in [0.5, 0.6) is 0 Å². The van der Waals surface area contributed by atoms with Gasteiger partial charge in [0.2, 0.25) is 0 Å². The van der Waals surface area contributed by atoms with E-state index in [0.29, 0.717) is 28.2 Å². The molecule has 0 saturated heterocycles. The van der Waals surface area contributed by atoms with Gasteiger partial charge in [-0.1, -0.05) is 6.07 Å². The molecule has 0 radical (unpaired) electrons. The standard InChI is InChI=1S/C14H12N4O/c15-8-10-7-12(17)4-5-13(10)18-14(19)9-2-1-3-11(16)6-9/h1-7H,16-17H2,(H,18,19). The highest BCUT2D eigenvalue weighted by molar-refractivity contribution is 6.05. The van der Waals surface area contributed by atoms with Crippen molar-refractivity contribution in [1.82, 2.24) is 0 Å². The van der Waals surface area contributed by atoms with Gasteiger partial charge in [0.05, 0.1) is 11.3 Å². The minimum Gasteiger partial charge on any atom is -0.399 e. The normalized spacial score (nSPS) is 9.63. The fourth-order valence-corrected chi connectivity index (χ4v) is 1.64. The van der Waals surface area contributed by atoms with Crippen LogP contribution in [0.25, 0.3) is 0 Å². The average molecular weight is 252 g/mol. The molecule has 5 N–H and O–H groups in total. The highest BCUT2D eigenvalue weighted by atomic mass is 16.1. The van der Waals surface area contributed by atoms with E-state index in [1.807, 2.05) is 6.07 Å². The summed E-state index contributed by atoms with van der Waals surface area (Å²) in [6.45, 7) is 0. The molecule has 0 aliphatic rings. The molecule has 0 bridgehead atoms. The Balaban J connectivity index is 2.27. The summed E-state index contributed by atoms with van der Waals surface area (Å²) < 4.78 is 0. The maximum Gasteiger partial charge on any atom is 0.255 e. The van der Waals surface area contributed by atoms with Crippen LogP contribution in [0.1, 0.15) is 15.9 Å². The van der Waals surface area contributed by atoms with Gasteiger partial charge < -0.3 is 16.8 Å². The first-order valence-electron chi connectivity index (χ1n) is 5.56. The zero-order valence-corrected chi connectivity index (χ0v) is 10.1. The predicted molar refractivity (Wildman–Crippen MR) is 74.4 cm³/mol. The van der Waals surface area contributed by atoms with Gasteiger partial charge in [0.25, 0.3) is 5.91 Å². The summed E-state index contributed by atoms with van der Waals surface area (Å²) in [7, 11) is 0. The summed E-state index contributed by atoms with van der Waals surface area (Å²) in [4.78, 5) is 12.0. The Bertz CT molecular complexity index is 673. The van der Waals surface area contributed by atoms with Crippen LogP contribution in [0.3, 0.4) is 0 Å². The summed E-state index contributed by atoms with van der Waals surface area (Å²) >= 11 is 0. The van der Waals surface area contributed by atoms with Crippen molar-refractivity contribution in [3.63, 3.8) is 0 Å². The number of nitrogens with zero attached hydrogens (tertiary/aromatic N) is 1. The first kappa shape index (κ1) is 12.5. The van der Waals surface area contributed by atoms with Crippen LogP contribution in [-0.2, 0) is 0 Å². The first-order chi connectivity index (χ1) is 9.10. The highest BCUT2D eigenvalue weighted by Crippen LogP contribution is 2.19. The number of carbonyl (C=O) groups excluding carboxylic acids is 1. The van der Waals surface area contributed by atoms with E-state index in [-0.39, 0.29) is 5.91 Å². The molecule has 0 unspecified atom stereocenters.